The van der Waals surface area contributed by atoms with Crippen LogP contribution in [0, 0.1) is 6.92 Å². The van der Waals surface area contributed by atoms with Gasteiger partial charge in [-0.1, -0.05) is 5.16 Å². The molecular formula is C8H12N2O2. The van der Waals surface area contributed by atoms with E-state index in [1.54, 1.807) is 0 Å². The molecule has 0 aromatic carbocycles. The summed E-state index contributed by atoms with van der Waals surface area (Å²) in [5, 5.41) is 13.4. The number of hydrogen-bond acceptors (Lipinski definition) is 4. The summed E-state index contributed by atoms with van der Waals surface area (Å²) in [5.74, 6) is 0.749. The van der Waals surface area contributed by atoms with Gasteiger partial charge in [0.2, 0.25) is 0 Å². The average Bonchev–Trinajstić information content (AvgIpc) is 2.31. The Morgan fingerprint density at radius 2 is 2.42 bits per heavy atom. The van der Waals surface area contributed by atoms with E-state index in [9.17, 15) is 5.11 Å². The van der Waals surface area contributed by atoms with Crippen molar-refractivity contribution in [1.29, 1.82) is 0 Å². The van der Waals surface area contributed by atoms with Crippen LogP contribution in [0.5, 0.6) is 0 Å². The van der Waals surface area contributed by atoms with Gasteiger partial charge < -0.3 is 15.4 Å². The van der Waals surface area contributed by atoms with Crippen LogP contribution in [0.15, 0.2) is 4.52 Å². The Balaban J connectivity index is 2.43. The largest absolute Gasteiger partial charge is 0.388 e. The molecule has 0 saturated carbocycles. The lowest BCUT2D eigenvalue weighted by molar-refractivity contribution is 0.143. The number of aryl methyl sites for hydroxylation is 1. The first-order valence-corrected chi connectivity index (χ1v) is 4.07. The Morgan fingerprint density at radius 1 is 1.67 bits per heavy atom. The molecule has 4 nitrogen and oxygen atoms in total. The van der Waals surface area contributed by atoms with E-state index in [4.69, 9.17) is 10.3 Å². The number of aliphatic hydroxyl groups excluding tert-OH is 1. The Morgan fingerprint density at radius 3 is 3.17 bits per heavy atom. The quantitative estimate of drug-likeness (QED) is 0.584. The lowest BCUT2D eigenvalue weighted by atomic mass is 9.91. The molecule has 66 valence electrons. The molecule has 12 heavy (non-hydrogen) atoms. The van der Waals surface area contributed by atoms with Gasteiger partial charge in [-0.2, -0.15) is 0 Å². The predicted octanol–water partition coefficient (Wildman–Crippen LogP) is 0.290. The minimum Gasteiger partial charge on any atom is -0.388 e. The lowest BCUT2D eigenvalue weighted by Gasteiger charge is -2.21. The smallest absolute Gasteiger partial charge is 0.144 e. The van der Waals surface area contributed by atoms with Crippen molar-refractivity contribution in [2.75, 3.05) is 0 Å². The van der Waals surface area contributed by atoms with E-state index in [2.05, 4.69) is 5.16 Å². The summed E-state index contributed by atoms with van der Waals surface area (Å²) in [5.41, 5.74) is 7.33. The molecule has 2 rings (SSSR count). The first-order chi connectivity index (χ1) is 5.68. The molecule has 0 radical (unpaired) electrons. The molecule has 0 saturated heterocycles. The highest BCUT2D eigenvalue weighted by atomic mass is 16.5. The van der Waals surface area contributed by atoms with Gasteiger partial charge in [0, 0.05) is 18.0 Å². The topological polar surface area (TPSA) is 72.3 Å². The fourth-order valence-electron chi connectivity index (χ4n) is 1.72. The van der Waals surface area contributed by atoms with Crippen molar-refractivity contribution in [3.63, 3.8) is 0 Å². The van der Waals surface area contributed by atoms with E-state index < -0.39 is 6.10 Å². The van der Waals surface area contributed by atoms with Gasteiger partial charge in [0.1, 0.15) is 5.76 Å². The molecule has 0 bridgehead atoms. The maximum absolute atomic E-state index is 9.62. The summed E-state index contributed by atoms with van der Waals surface area (Å²) in [6.45, 7) is 1.84. The third kappa shape index (κ3) is 1.04. The Kier molecular flexibility index (Phi) is 1.66. The van der Waals surface area contributed by atoms with Gasteiger partial charge >= 0.3 is 0 Å². The van der Waals surface area contributed by atoms with E-state index in [-0.39, 0.29) is 6.04 Å². The highest BCUT2D eigenvalue weighted by molar-refractivity contribution is 5.27. The number of fused-ring (bicyclic) bond motifs is 1. The van der Waals surface area contributed by atoms with Crippen molar-refractivity contribution in [2.45, 2.75) is 31.9 Å². The fraction of sp³-hybridized carbons (Fsp3) is 0.625. The van der Waals surface area contributed by atoms with E-state index >= 15 is 0 Å². The number of aliphatic hydroxyl groups is 1. The number of nitrogens with zero attached hydrogens (tertiary/aromatic N) is 1. The Hall–Kier alpha value is -0.870. The highest BCUT2D eigenvalue weighted by Gasteiger charge is 2.28. The molecule has 1 aromatic heterocycles. The second-order valence-corrected chi connectivity index (χ2v) is 3.32. The zero-order chi connectivity index (χ0) is 8.72. The van der Waals surface area contributed by atoms with Gasteiger partial charge in [-0.15, -0.1) is 0 Å². The van der Waals surface area contributed by atoms with E-state index in [1.165, 1.54) is 0 Å². The third-order valence-corrected chi connectivity index (χ3v) is 2.29. The van der Waals surface area contributed by atoms with Crippen LogP contribution in [0.3, 0.4) is 0 Å². The summed E-state index contributed by atoms with van der Waals surface area (Å²) < 4.78 is 5.04. The van der Waals surface area contributed by atoms with Crippen molar-refractivity contribution >= 4 is 0 Å². The standard InChI is InChI=1S/C8H12N2O2/c1-4-8-6(11)2-5(9)3-7(8)12-10-4/h5-6,11H,2-3,9H2,1H3. The molecule has 1 heterocycles. The fourth-order valence-corrected chi connectivity index (χ4v) is 1.72. The number of nitrogens with two attached hydrogens (primary N) is 1. The van der Waals surface area contributed by atoms with E-state index in [1.807, 2.05) is 6.92 Å². The average molecular weight is 168 g/mol. The van der Waals surface area contributed by atoms with Crippen LogP contribution in [-0.2, 0) is 6.42 Å². The molecule has 1 aliphatic carbocycles. The van der Waals surface area contributed by atoms with Crippen LogP contribution < -0.4 is 5.73 Å². The maximum atomic E-state index is 9.62. The maximum Gasteiger partial charge on any atom is 0.144 e. The van der Waals surface area contributed by atoms with Crippen LogP contribution in [0.1, 0.15) is 29.5 Å². The first-order valence-electron chi connectivity index (χ1n) is 4.07. The molecule has 0 spiro atoms. The van der Waals surface area contributed by atoms with Crippen LogP contribution in [0.4, 0.5) is 0 Å². The van der Waals surface area contributed by atoms with Gasteiger partial charge in [-0.3, -0.25) is 0 Å². The van der Waals surface area contributed by atoms with E-state index in [0.717, 1.165) is 17.0 Å². The number of aromatic nitrogens is 1. The van der Waals surface area contributed by atoms with Crippen LogP contribution in [0.2, 0.25) is 0 Å². The molecule has 3 N–H and O–H groups in total. The van der Waals surface area contributed by atoms with E-state index in [0.29, 0.717) is 12.8 Å². The Bertz CT molecular complexity index is 295. The van der Waals surface area contributed by atoms with Gasteiger partial charge in [0.05, 0.1) is 11.8 Å². The summed E-state index contributed by atoms with van der Waals surface area (Å²) in [7, 11) is 0. The summed E-state index contributed by atoms with van der Waals surface area (Å²) in [4.78, 5) is 0. The molecule has 0 fully saturated rings. The molecule has 0 amide bonds. The molecule has 2 unspecified atom stereocenters. The zero-order valence-corrected chi connectivity index (χ0v) is 6.95. The second kappa shape index (κ2) is 2.57. The molecular weight excluding hydrogens is 156 g/mol. The Labute approximate surface area is 70.3 Å². The molecule has 4 heteroatoms. The summed E-state index contributed by atoms with van der Waals surface area (Å²) >= 11 is 0. The normalized spacial score (nSPS) is 28.6. The first kappa shape index (κ1) is 7.76. The van der Waals surface area contributed by atoms with Gasteiger partial charge in [0.25, 0.3) is 0 Å². The monoisotopic (exact) mass is 168 g/mol. The van der Waals surface area contributed by atoms with Crippen LogP contribution >= 0.6 is 0 Å². The SMILES string of the molecule is Cc1noc2c1C(O)CC(N)C2. The van der Waals surface area contributed by atoms with Crippen molar-refractivity contribution < 1.29 is 9.63 Å². The number of rotatable bonds is 0. The summed E-state index contributed by atoms with van der Waals surface area (Å²) in [6, 6.07) is -0.000139. The van der Waals surface area contributed by atoms with Crippen molar-refractivity contribution in [3.05, 3.63) is 17.0 Å². The predicted molar refractivity (Wildman–Crippen MR) is 42.5 cm³/mol. The molecule has 0 aliphatic heterocycles. The minimum absolute atomic E-state index is 0.000139. The van der Waals surface area contributed by atoms with Crippen LogP contribution in [0.25, 0.3) is 0 Å². The number of hydrogen-bond donors (Lipinski definition) is 2. The zero-order valence-electron chi connectivity index (χ0n) is 6.95. The molecule has 2 atom stereocenters. The summed E-state index contributed by atoms with van der Waals surface area (Å²) in [6.07, 6.45) is 0.803. The van der Waals surface area contributed by atoms with Crippen molar-refractivity contribution in [1.82, 2.24) is 5.16 Å². The lowest BCUT2D eigenvalue weighted by Crippen LogP contribution is -2.29. The van der Waals surface area contributed by atoms with Gasteiger partial charge in [-0.25, -0.2) is 0 Å². The highest BCUT2D eigenvalue weighted by Crippen LogP contribution is 2.31. The minimum atomic E-state index is -0.491. The third-order valence-electron chi connectivity index (χ3n) is 2.29. The van der Waals surface area contributed by atoms with Gasteiger partial charge in [0.15, 0.2) is 0 Å². The van der Waals surface area contributed by atoms with Crippen molar-refractivity contribution in [3.8, 4) is 0 Å². The van der Waals surface area contributed by atoms with Gasteiger partial charge in [-0.05, 0) is 13.3 Å². The van der Waals surface area contributed by atoms with Crippen molar-refractivity contribution in [2.24, 2.45) is 5.73 Å². The second-order valence-electron chi connectivity index (χ2n) is 3.32. The molecule has 1 aromatic rings. The van der Waals surface area contributed by atoms with Crippen LogP contribution in [-0.4, -0.2) is 16.3 Å². The molecule has 1 aliphatic rings.